The molecule has 1 atom stereocenters. The number of nitrogens with one attached hydrogen (secondary N) is 2. The Labute approximate surface area is 115 Å². The number of hydrogen-bond donors (Lipinski definition) is 2. The second-order valence-electron chi connectivity index (χ2n) is 4.90. The van der Waals surface area contributed by atoms with E-state index in [-0.39, 0.29) is 17.3 Å². The van der Waals surface area contributed by atoms with E-state index in [1.165, 1.54) is 0 Å². The van der Waals surface area contributed by atoms with E-state index in [1.807, 2.05) is 0 Å². The van der Waals surface area contributed by atoms with Crippen molar-refractivity contribution in [1.29, 1.82) is 0 Å². The molecule has 0 radical (unpaired) electrons. The first-order chi connectivity index (χ1) is 9.54. The van der Waals surface area contributed by atoms with E-state index >= 15 is 0 Å². The summed E-state index contributed by atoms with van der Waals surface area (Å²) in [7, 11) is 0. The highest BCUT2D eigenvalue weighted by Crippen LogP contribution is 2.21. The Morgan fingerprint density at radius 2 is 2.30 bits per heavy atom. The van der Waals surface area contributed by atoms with Crippen molar-refractivity contribution in [3.8, 4) is 0 Å². The van der Waals surface area contributed by atoms with Crippen LogP contribution < -0.4 is 10.6 Å². The normalized spacial score (nSPS) is 17.9. The Bertz CT molecular complexity index is 516. The second-order valence-corrected chi connectivity index (χ2v) is 4.90. The van der Waals surface area contributed by atoms with Crippen LogP contribution in [-0.2, 0) is 4.79 Å². The number of rotatable bonds is 5. The molecule has 1 aliphatic rings. The molecule has 7 heteroatoms. The van der Waals surface area contributed by atoms with Gasteiger partial charge in [-0.3, -0.25) is 14.9 Å². The lowest BCUT2D eigenvalue weighted by Crippen LogP contribution is -2.15. The van der Waals surface area contributed by atoms with E-state index in [0.717, 1.165) is 44.1 Å². The molecule has 1 unspecified atom stereocenters. The third-order valence-electron chi connectivity index (χ3n) is 3.32. The van der Waals surface area contributed by atoms with Gasteiger partial charge in [0.05, 0.1) is 16.7 Å². The van der Waals surface area contributed by atoms with Crippen LogP contribution in [0.4, 0.5) is 15.8 Å². The molecule has 2 N–H and O–H groups in total. The van der Waals surface area contributed by atoms with Gasteiger partial charge in [-0.15, -0.1) is 0 Å². The van der Waals surface area contributed by atoms with Crippen molar-refractivity contribution in [3.63, 3.8) is 0 Å². The van der Waals surface area contributed by atoms with Crippen LogP contribution in [0.2, 0.25) is 0 Å². The Hall–Kier alpha value is -2.02. The van der Waals surface area contributed by atoms with Crippen LogP contribution in [0.5, 0.6) is 0 Å². The molecule has 20 heavy (non-hydrogen) atoms. The fraction of sp³-hybridized carbons (Fsp3) is 0.462. The Kier molecular flexibility index (Phi) is 4.62. The number of carbonyl (C=O) groups is 1. The van der Waals surface area contributed by atoms with Gasteiger partial charge in [0.25, 0.3) is 5.69 Å². The zero-order valence-electron chi connectivity index (χ0n) is 10.9. The predicted molar refractivity (Wildman–Crippen MR) is 71.9 cm³/mol. The summed E-state index contributed by atoms with van der Waals surface area (Å²) in [5, 5.41) is 16.3. The molecule has 1 aromatic carbocycles. The van der Waals surface area contributed by atoms with Gasteiger partial charge in [-0.05, 0) is 37.9 Å². The van der Waals surface area contributed by atoms with Gasteiger partial charge < -0.3 is 10.6 Å². The topological polar surface area (TPSA) is 84.3 Å². The summed E-state index contributed by atoms with van der Waals surface area (Å²) in [4.78, 5) is 21.7. The van der Waals surface area contributed by atoms with E-state index in [0.29, 0.717) is 12.3 Å². The van der Waals surface area contributed by atoms with Crippen molar-refractivity contribution in [2.75, 3.05) is 18.4 Å². The van der Waals surface area contributed by atoms with Gasteiger partial charge in [0.1, 0.15) is 5.82 Å². The summed E-state index contributed by atoms with van der Waals surface area (Å²) in [6.07, 6.45) is 2.14. The summed E-state index contributed by atoms with van der Waals surface area (Å²) in [5.41, 5.74) is -0.258. The van der Waals surface area contributed by atoms with Gasteiger partial charge in [-0.25, -0.2) is 4.39 Å². The molecular weight excluding hydrogens is 265 g/mol. The van der Waals surface area contributed by atoms with E-state index in [1.54, 1.807) is 0 Å². The molecule has 0 spiro atoms. The highest BCUT2D eigenvalue weighted by Gasteiger charge is 2.16. The fourth-order valence-electron chi connectivity index (χ4n) is 2.27. The number of non-ortho nitro benzene ring substituents is 1. The molecule has 0 saturated carbocycles. The van der Waals surface area contributed by atoms with Crippen LogP contribution in [0.25, 0.3) is 0 Å². The highest BCUT2D eigenvalue weighted by molar-refractivity contribution is 5.91. The monoisotopic (exact) mass is 281 g/mol. The van der Waals surface area contributed by atoms with Crippen LogP contribution in [0, 0.1) is 21.8 Å². The van der Waals surface area contributed by atoms with Crippen molar-refractivity contribution in [1.82, 2.24) is 5.32 Å². The Balaban J connectivity index is 1.91. The lowest BCUT2D eigenvalue weighted by Gasteiger charge is -2.08. The summed E-state index contributed by atoms with van der Waals surface area (Å²) in [6.45, 7) is 1.89. The Morgan fingerprint density at radius 3 is 2.95 bits per heavy atom. The van der Waals surface area contributed by atoms with Crippen molar-refractivity contribution in [2.24, 2.45) is 5.92 Å². The first-order valence-electron chi connectivity index (χ1n) is 6.50. The van der Waals surface area contributed by atoms with Crippen LogP contribution in [0.1, 0.15) is 19.3 Å². The fourth-order valence-corrected chi connectivity index (χ4v) is 2.27. The summed E-state index contributed by atoms with van der Waals surface area (Å²) < 4.78 is 13.2. The van der Waals surface area contributed by atoms with Gasteiger partial charge >= 0.3 is 0 Å². The molecule has 0 aliphatic carbocycles. The molecular formula is C13H16FN3O3. The third-order valence-corrected chi connectivity index (χ3v) is 3.32. The van der Waals surface area contributed by atoms with Crippen LogP contribution in [0.3, 0.4) is 0 Å². The Morgan fingerprint density at radius 1 is 1.50 bits per heavy atom. The quantitative estimate of drug-likeness (QED) is 0.639. The van der Waals surface area contributed by atoms with Crippen LogP contribution >= 0.6 is 0 Å². The van der Waals surface area contributed by atoms with Gasteiger partial charge in [-0.2, -0.15) is 0 Å². The number of nitro groups is 1. The number of nitrogens with zero attached hydrogens (tertiary/aromatic N) is 1. The maximum atomic E-state index is 13.2. The summed E-state index contributed by atoms with van der Waals surface area (Å²) in [5.74, 6) is -0.506. The van der Waals surface area contributed by atoms with E-state index in [9.17, 15) is 19.3 Å². The number of benzene rings is 1. The maximum Gasteiger partial charge on any atom is 0.274 e. The number of amides is 1. The molecule has 0 bridgehead atoms. The third kappa shape index (κ3) is 3.99. The van der Waals surface area contributed by atoms with Crippen molar-refractivity contribution >= 4 is 17.3 Å². The number of carbonyl (C=O) groups excluding carboxylic acids is 1. The minimum absolute atomic E-state index is 0.117. The molecule has 0 aromatic heterocycles. The molecule has 108 valence electrons. The largest absolute Gasteiger partial charge is 0.326 e. The number of hydrogen-bond acceptors (Lipinski definition) is 4. The van der Waals surface area contributed by atoms with Gasteiger partial charge in [0, 0.05) is 12.5 Å². The van der Waals surface area contributed by atoms with Crippen molar-refractivity contribution in [3.05, 3.63) is 34.1 Å². The molecule has 1 heterocycles. The standard InChI is InChI=1S/C13H16FN3O3/c14-10-5-11(7-12(6-10)17(19)20)16-13(18)2-1-9-3-4-15-8-9/h5-7,9,15H,1-4,8H2,(H,16,18). The minimum atomic E-state index is -0.741. The first-order valence-corrected chi connectivity index (χ1v) is 6.50. The van der Waals surface area contributed by atoms with Crippen molar-refractivity contribution in [2.45, 2.75) is 19.3 Å². The van der Waals surface area contributed by atoms with Crippen molar-refractivity contribution < 1.29 is 14.1 Å². The number of halogens is 1. The minimum Gasteiger partial charge on any atom is -0.326 e. The zero-order chi connectivity index (χ0) is 14.5. The summed E-state index contributed by atoms with van der Waals surface area (Å²) >= 11 is 0. The van der Waals surface area contributed by atoms with Crippen LogP contribution in [-0.4, -0.2) is 23.9 Å². The zero-order valence-corrected chi connectivity index (χ0v) is 10.9. The lowest BCUT2D eigenvalue weighted by molar-refractivity contribution is -0.385. The summed E-state index contributed by atoms with van der Waals surface area (Å²) in [6, 6.07) is 3.04. The average Bonchev–Trinajstić information content (AvgIpc) is 2.88. The SMILES string of the molecule is O=C(CCC1CCNC1)Nc1cc(F)cc([N+](=O)[O-])c1. The molecule has 2 rings (SSSR count). The van der Waals surface area contributed by atoms with E-state index < -0.39 is 10.7 Å². The smallest absolute Gasteiger partial charge is 0.274 e. The first kappa shape index (κ1) is 14.4. The van der Waals surface area contributed by atoms with E-state index in [2.05, 4.69) is 10.6 Å². The average molecular weight is 281 g/mol. The molecule has 1 amide bonds. The highest BCUT2D eigenvalue weighted by atomic mass is 19.1. The predicted octanol–water partition coefficient (Wildman–Crippen LogP) is 2.06. The van der Waals surface area contributed by atoms with Crippen LogP contribution in [0.15, 0.2) is 18.2 Å². The van der Waals surface area contributed by atoms with Gasteiger partial charge in [-0.1, -0.05) is 0 Å². The molecule has 1 aromatic rings. The number of anilines is 1. The van der Waals surface area contributed by atoms with Gasteiger partial charge in [0.15, 0.2) is 0 Å². The lowest BCUT2D eigenvalue weighted by atomic mass is 10.0. The van der Waals surface area contributed by atoms with Gasteiger partial charge in [0.2, 0.25) is 5.91 Å². The molecule has 1 fully saturated rings. The maximum absolute atomic E-state index is 13.2. The number of nitro benzene ring substituents is 1. The molecule has 1 aliphatic heterocycles. The second kappa shape index (κ2) is 6.42. The van der Waals surface area contributed by atoms with E-state index in [4.69, 9.17) is 0 Å². The molecule has 6 nitrogen and oxygen atoms in total. The molecule has 1 saturated heterocycles.